The van der Waals surface area contributed by atoms with Crippen molar-refractivity contribution in [2.75, 3.05) is 6.54 Å². The zero-order valence-corrected chi connectivity index (χ0v) is 20.0. The summed E-state index contributed by atoms with van der Waals surface area (Å²) < 4.78 is 0. The molecule has 1 aromatic rings. The third-order valence-electron chi connectivity index (χ3n) is 10.7. The Morgan fingerprint density at radius 1 is 1.09 bits per heavy atom. The molecular formula is C27H38N2O4. The number of benzene rings is 1. The summed E-state index contributed by atoms with van der Waals surface area (Å²) in [7, 11) is 0. The minimum Gasteiger partial charge on any atom is -0.507 e. The van der Waals surface area contributed by atoms with Crippen LogP contribution >= 0.6 is 0 Å². The second-order valence-corrected chi connectivity index (χ2v) is 11.9. The number of nitro benzene ring substituents is 1. The molecule has 6 heteroatoms. The largest absolute Gasteiger partial charge is 0.507 e. The van der Waals surface area contributed by atoms with Crippen LogP contribution in [0.25, 0.3) is 0 Å². The number of nitro groups is 1. The van der Waals surface area contributed by atoms with Crippen LogP contribution in [0.3, 0.4) is 0 Å². The molecule has 0 saturated heterocycles. The fraction of sp³-hybridized carbons (Fsp3) is 0.741. The highest BCUT2D eigenvalue weighted by Crippen LogP contribution is 2.68. The highest BCUT2D eigenvalue weighted by atomic mass is 16.6. The SMILES string of the molecule is C[C@]12CCCC[C@@H]1CC[C@H]1[C@H]3CC[C@](O)(CN=Cc4cc([N+](=O)[O-])ccc4O)[C@@]3(C)CC[C@@H]12. The summed E-state index contributed by atoms with van der Waals surface area (Å²) in [5.74, 6) is 2.90. The summed E-state index contributed by atoms with van der Waals surface area (Å²) in [6.45, 7) is 5.14. The molecule has 0 aliphatic heterocycles. The molecule has 0 radical (unpaired) electrons. The van der Waals surface area contributed by atoms with Gasteiger partial charge in [-0.25, -0.2) is 0 Å². The molecule has 180 valence electrons. The van der Waals surface area contributed by atoms with E-state index in [1.807, 2.05) is 0 Å². The van der Waals surface area contributed by atoms with Crippen LogP contribution in [-0.4, -0.2) is 33.5 Å². The summed E-state index contributed by atoms with van der Waals surface area (Å²) in [4.78, 5) is 15.1. The maximum Gasteiger partial charge on any atom is 0.270 e. The summed E-state index contributed by atoms with van der Waals surface area (Å²) in [6, 6.07) is 3.93. The van der Waals surface area contributed by atoms with E-state index in [0.717, 1.165) is 31.1 Å². The lowest BCUT2D eigenvalue weighted by Gasteiger charge is -2.61. The molecule has 4 fully saturated rings. The van der Waals surface area contributed by atoms with E-state index in [1.54, 1.807) is 0 Å². The number of aromatic hydroxyl groups is 1. The standard InChI is InChI=1S/C27H38N2O4/c1-25-12-4-3-5-19(25)6-8-21-22(25)10-13-26(2)23(21)11-14-27(26,31)17-28-16-18-15-20(29(32)33)7-9-24(18)30/h7,9,15-16,19,21-23,30-31H,3-6,8,10-14,17H2,1-2H3/t19-,21-,22+,23-,25+,26+,27+/m1/s1. The minimum absolute atomic E-state index is 0.0372. The number of phenolic OH excluding ortho intramolecular Hbond substituents is 1. The second kappa shape index (κ2) is 8.07. The molecule has 0 amide bonds. The van der Waals surface area contributed by atoms with Crippen molar-refractivity contribution < 1.29 is 15.1 Å². The Kier molecular flexibility index (Phi) is 5.58. The average molecular weight is 455 g/mol. The van der Waals surface area contributed by atoms with Gasteiger partial charge >= 0.3 is 0 Å². The average Bonchev–Trinajstić information content (AvgIpc) is 3.05. The molecule has 0 spiro atoms. The number of hydrogen-bond donors (Lipinski definition) is 2. The Bertz CT molecular complexity index is 963. The maximum atomic E-state index is 11.8. The van der Waals surface area contributed by atoms with E-state index in [4.69, 9.17) is 0 Å². The Labute approximate surface area is 196 Å². The topological polar surface area (TPSA) is 96.0 Å². The van der Waals surface area contributed by atoms with Crippen molar-refractivity contribution in [2.24, 2.45) is 39.5 Å². The van der Waals surface area contributed by atoms with Gasteiger partial charge in [0.25, 0.3) is 5.69 Å². The molecule has 0 aromatic heterocycles. The lowest BCUT2D eigenvalue weighted by Crippen LogP contribution is -2.56. The molecule has 0 heterocycles. The van der Waals surface area contributed by atoms with Crippen LogP contribution in [0.2, 0.25) is 0 Å². The van der Waals surface area contributed by atoms with Crippen molar-refractivity contribution in [3.63, 3.8) is 0 Å². The van der Waals surface area contributed by atoms with Gasteiger partial charge in [0, 0.05) is 29.3 Å². The summed E-state index contributed by atoms with van der Waals surface area (Å²) in [5, 5.41) is 33.0. The maximum absolute atomic E-state index is 11.8. The number of nitrogens with zero attached hydrogens (tertiary/aromatic N) is 2. The monoisotopic (exact) mass is 454 g/mol. The predicted molar refractivity (Wildman–Crippen MR) is 129 cm³/mol. The number of aliphatic imine (C=N–C) groups is 1. The van der Waals surface area contributed by atoms with E-state index in [2.05, 4.69) is 18.8 Å². The zero-order valence-electron chi connectivity index (χ0n) is 20.0. The first kappa shape index (κ1) is 22.8. The number of aliphatic hydroxyl groups is 1. The Morgan fingerprint density at radius 2 is 1.88 bits per heavy atom. The van der Waals surface area contributed by atoms with E-state index < -0.39 is 10.5 Å². The van der Waals surface area contributed by atoms with Gasteiger partial charge in [-0.3, -0.25) is 15.1 Å². The lowest BCUT2D eigenvalue weighted by atomic mass is 9.44. The van der Waals surface area contributed by atoms with Gasteiger partial charge in [-0.1, -0.05) is 26.7 Å². The summed E-state index contributed by atoms with van der Waals surface area (Å²) in [5.41, 5.74) is -0.278. The molecule has 5 rings (SSSR count). The van der Waals surface area contributed by atoms with Crippen molar-refractivity contribution in [2.45, 2.75) is 83.7 Å². The van der Waals surface area contributed by atoms with Crippen molar-refractivity contribution in [1.29, 1.82) is 0 Å². The summed E-state index contributed by atoms with van der Waals surface area (Å²) in [6.07, 6.45) is 13.8. The molecule has 6 nitrogen and oxygen atoms in total. The molecule has 4 aliphatic rings. The number of hydrogen-bond acceptors (Lipinski definition) is 5. The van der Waals surface area contributed by atoms with E-state index >= 15 is 0 Å². The molecule has 0 bridgehead atoms. The molecule has 7 atom stereocenters. The van der Waals surface area contributed by atoms with Crippen LogP contribution < -0.4 is 0 Å². The van der Waals surface area contributed by atoms with Crippen molar-refractivity contribution in [1.82, 2.24) is 0 Å². The smallest absolute Gasteiger partial charge is 0.270 e. The van der Waals surface area contributed by atoms with Gasteiger partial charge in [0.2, 0.25) is 0 Å². The summed E-state index contributed by atoms with van der Waals surface area (Å²) >= 11 is 0. The Balaban J connectivity index is 1.34. The molecule has 1 aromatic carbocycles. The van der Waals surface area contributed by atoms with Crippen LogP contribution in [0.4, 0.5) is 5.69 Å². The first-order valence-electron chi connectivity index (χ1n) is 12.9. The molecule has 0 unspecified atom stereocenters. The molecular weight excluding hydrogens is 416 g/mol. The van der Waals surface area contributed by atoms with Crippen LogP contribution in [0.5, 0.6) is 5.75 Å². The van der Waals surface area contributed by atoms with Gasteiger partial charge in [0.05, 0.1) is 17.1 Å². The van der Waals surface area contributed by atoms with Crippen LogP contribution in [-0.2, 0) is 0 Å². The van der Waals surface area contributed by atoms with Gasteiger partial charge in [-0.15, -0.1) is 0 Å². The first-order valence-corrected chi connectivity index (χ1v) is 12.9. The second-order valence-electron chi connectivity index (χ2n) is 11.9. The third-order valence-corrected chi connectivity index (χ3v) is 10.7. The van der Waals surface area contributed by atoms with Gasteiger partial charge in [0.1, 0.15) is 5.75 Å². The van der Waals surface area contributed by atoms with Crippen molar-refractivity contribution in [3.05, 3.63) is 33.9 Å². The fourth-order valence-corrected chi connectivity index (χ4v) is 8.72. The van der Waals surface area contributed by atoms with Gasteiger partial charge in [-0.2, -0.15) is 0 Å². The first-order chi connectivity index (χ1) is 15.7. The number of phenols is 1. The lowest BCUT2D eigenvalue weighted by molar-refractivity contribution is -0.384. The number of non-ortho nitro benzene ring substituents is 1. The highest BCUT2D eigenvalue weighted by molar-refractivity contribution is 5.84. The highest BCUT2D eigenvalue weighted by Gasteiger charge is 2.64. The normalized spacial score (nSPS) is 42.5. The van der Waals surface area contributed by atoms with E-state index in [-0.39, 0.29) is 23.4 Å². The van der Waals surface area contributed by atoms with Gasteiger partial charge in [0.15, 0.2) is 0 Å². The van der Waals surface area contributed by atoms with Crippen LogP contribution in [0.1, 0.15) is 83.6 Å². The van der Waals surface area contributed by atoms with Gasteiger partial charge in [-0.05, 0) is 86.5 Å². The fourth-order valence-electron chi connectivity index (χ4n) is 8.72. The van der Waals surface area contributed by atoms with Crippen molar-refractivity contribution in [3.8, 4) is 5.75 Å². The van der Waals surface area contributed by atoms with E-state index in [0.29, 0.717) is 22.8 Å². The number of rotatable bonds is 4. The van der Waals surface area contributed by atoms with Crippen LogP contribution in [0.15, 0.2) is 23.2 Å². The molecule has 4 saturated carbocycles. The Morgan fingerprint density at radius 3 is 2.67 bits per heavy atom. The molecule has 4 aliphatic carbocycles. The van der Waals surface area contributed by atoms with E-state index in [1.165, 1.54) is 69.4 Å². The predicted octanol–water partition coefficient (Wildman–Crippen LogP) is 5.88. The third kappa shape index (κ3) is 3.51. The number of fused-ring (bicyclic) bond motifs is 5. The minimum atomic E-state index is -0.861. The van der Waals surface area contributed by atoms with Crippen LogP contribution in [0, 0.1) is 44.6 Å². The van der Waals surface area contributed by atoms with E-state index in [9.17, 15) is 20.3 Å². The van der Waals surface area contributed by atoms with Crippen molar-refractivity contribution >= 4 is 11.9 Å². The molecule has 2 N–H and O–H groups in total. The molecule has 33 heavy (non-hydrogen) atoms. The zero-order chi connectivity index (χ0) is 23.4. The van der Waals surface area contributed by atoms with Gasteiger partial charge < -0.3 is 10.2 Å². The quantitative estimate of drug-likeness (QED) is 0.337. The Hall–Kier alpha value is -1.95.